The lowest BCUT2D eigenvalue weighted by Gasteiger charge is -2.63. The van der Waals surface area contributed by atoms with Gasteiger partial charge in [0, 0.05) is 96.9 Å². The van der Waals surface area contributed by atoms with Gasteiger partial charge in [0.25, 0.3) is 0 Å². The van der Waals surface area contributed by atoms with Crippen molar-refractivity contribution in [2.75, 3.05) is 0 Å². The van der Waals surface area contributed by atoms with Crippen LogP contribution in [0.4, 0.5) is 0 Å². The number of pyridine rings is 4. The topological polar surface area (TPSA) is 85.7 Å². The van der Waals surface area contributed by atoms with Gasteiger partial charge in [-0.2, -0.15) is 0 Å². The number of fused-ring (bicyclic) bond motifs is 2. The van der Waals surface area contributed by atoms with E-state index in [4.69, 9.17) is 0 Å². The number of hydrogen-bond donors (Lipinski definition) is 0. The number of hydrogen-bond acceptors (Lipinski definition) is 6. The first kappa shape index (κ1) is 21.2. The molecule has 0 saturated heterocycles. The molecule has 0 radical (unpaired) electrons. The molecule has 7 rings (SSSR count). The van der Waals surface area contributed by atoms with E-state index in [2.05, 4.69) is 19.9 Å². The smallest absolute Gasteiger partial charge is 0.141 e. The molecule has 0 aromatic carbocycles. The summed E-state index contributed by atoms with van der Waals surface area (Å²) in [4.78, 5) is 45.3. The summed E-state index contributed by atoms with van der Waals surface area (Å²) in [5.74, 6) is -1.00. The molecule has 8 atom stereocenters. The molecule has 4 aromatic heterocycles. The van der Waals surface area contributed by atoms with Crippen molar-refractivity contribution in [1.29, 1.82) is 0 Å². The molecule has 0 aliphatic heterocycles. The molecule has 6 nitrogen and oxygen atoms in total. The van der Waals surface area contributed by atoms with E-state index in [1.165, 1.54) is 0 Å². The zero-order valence-electron chi connectivity index (χ0n) is 19.5. The molecule has 0 spiro atoms. The monoisotopic (exact) mass is 472 g/mol. The summed E-state index contributed by atoms with van der Waals surface area (Å²) in [6, 6.07) is 15.9. The third-order valence-corrected chi connectivity index (χ3v) is 8.77. The van der Waals surface area contributed by atoms with Crippen LogP contribution in [0.15, 0.2) is 98.1 Å². The van der Waals surface area contributed by atoms with Crippen LogP contribution in [0.1, 0.15) is 45.9 Å². The van der Waals surface area contributed by atoms with Crippen molar-refractivity contribution in [3.63, 3.8) is 0 Å². The average Bonchev–Trinajstić information content (AvgIpc) is 2.89. The van der Waals surface area contributed by atoms with E-state index in [0.29, 0.717) is 0 Å². The van der Waals surface area contributed by atoms with Crippen molar-refractivity contribution in [3.8, 4) is 0 Å². The Morgan fingerprint density at radius 2 is 0.528 bits per heavy atom. The van der Waals surface area contributed by atoms with Crippen LogP contribution in [-0.4, -0.2) is 31.5 Å². The highest BCUT2D eigenvalue weighted by Gasteiger charge is 2.70. The Balaban J connectivity index is 1.35. The van der Waals surface area contributed by atoms with Crippen LogP contribution in [-0.2, 0) is 9.59 Å². The number of carbonyl (C=O) groups excluding carboxylic acids is 2. The molecule has 6 heteroatoms. The van der Waals surface area contributed by atoms with E-state index in [1.54, 1.807) is 49.6 Å². The van der Waals surface area contributed by atoms with Gasteiger partial charge in [-0.1, -0.05) is 0 Å². The van der Waals surface area contributed by atoms with Crippen molar-refractivity contribution < 1.29 is 9.59 Å². The first-order valence-corrected chi connectivity index (χ1v) is 12.4. The van der Waals surface area contributed by atoms with Crippen LogP contribution >= 0.6 is 0 Å². The van der Waals surface area contributed by atoms with Gasteiger partial charge in [-0.15, -0.1) is 0 Å². The van der Waals surface area contributed by atoms with Gasteiger partial charge < -0.3 is 0 Å². The van der Waals surface area contributed by atoms with Gasteiger partial charge >= 0.3 is 0 Å². The van der Waals surface area contributed by atoms with Gasteiger partial charge in [0.15, 0.2) is 0 Å². The molecule has 3 aliphatic rings. The summed E-state index contributed by atoms with van der Waals surface area (Å²) in [6.45, 7) is 0. The molecule has 3 fully saturated rings. The Labute approximate surface area is 208 Å². The molecule has 0 bridgehead atoms. The highest BCUT2D eigenvalue weighted by Crippen LogP contribution is 2.69. The Bertz CT molecular complexity index is 1200. The highest BCUT2D eigenvalue weighted by atomic mass is 16.1. The predicted molar refractivity (Wildman–Crippen MR) is 132 cm³/mol. The molecule has 3 saturated carbocycles. The lowest BCUT2D eigenvalue weighted by Crippen LogP contribution is -2.66. The van der Waals surface area contributed by atoms with Crippen LogP contribution in [0.2, 0.25) is 0 Å². The van der Waals surface area contributed by atoms with Gasteiger partial charge in [-0.25, -0.2) is 0 Å². The SMILES string of the molecule is O=C1[C@@H]2[C@H](C(=O)[C@@H]3[C@H]1[C@@H](c1ccncc1)[C@H]3c1ccncc1)[C@@H](c1ccncc1)[C@H]2c1ccncc1. The Morgan fingerprint density at radius 3 is 0.722 bits per heavy atom. The molecule has 0 amide bonds. The molecule has 3 aliphatic carbocycles. The van der Waals surface area contributed by atoms with Crippen molar-refractivity contribution >= 4 is 11.6 Å². The highest BCUT2D eigenvalue weighted by molar-refractivity contribution is 6.05. The maximum Gasteiger partial charge on any atom is 0.141 e. The molecular formula is C30H24N4O2. The third kappa shape index (κ3) is 2.97. The number of Topliss-reactive ketones (excluding diaryl/α,β-unsaturated/α-hetero) is 2. The number of carbonyl (C=O) groups is 2. The van der Waals surface area contributed by atoms with Crippen LogP contribution in [0.25, 0.3) is 0 Å². The minimum atomic E-state index is -0.318. The number of nitrogens with zero attached hydrogens (tertiary/aromatic N) is 4. The normalized spacial score (nSPS) is 32.6. The predicted octanol–water partition coefficient (Wildman–Crippen LogP) is 4.35. The molecule has 4 heterocycles. The Kier molecular flexibility index (Phi) is 4.87. The van der Waals surface area contributed by atoms with Crippen molar-refractivity contribution in [1.82, 2.24) is 19.9 Å². The summed E-state index contributed by atoms with van der Waals surface area (Å²) in [6.07, 6.45) is 14.2. The van der Waals surface area contributed by atoms with E-state index >= 15 is 0 Å². The van der Waals surface area contributed by atoms with Gasteiger partial charge in [-0.3, -0.25) is 29.5 Å². The van der Waals surface area contributed by atoms with Crippen molar-refractivity contribution in [3.05, 3.63) is 120 Å². The van der Waals surface area contributed by atoms with Gasteiger partial charge in [0.1, 0.15) is 11.6 Å². The fourth-order valence-electron chi connectivity index (χ4n) is 7.36. The third-order valence-electron chi connectivity index (χ3n) is 8.77. The minimum absolute atomic E-state index is 0.0455. The van der Waals surface area contributed by atoms with Gasteiger partial charge in [0.05, 0.1) is 0 Å². The van der Waals surface area contributed by atoms with E-state index < -0.39 is 0 Å². The summed E-state index contributed by atoms with van der Waals surface area (Å²) < 4.78 is 0. The standard InChI is InChI=1S/C30H24N4O2/c35-29-25-21(17-1-9-31-10-2-17)22(18-3-11-32-12-4-18)26(25)30(36)28-24(20-7-15-34-16-8-20)23(27(28)29)19-5-13-33-14-6-19/h1-16,21-28H/t21-,22+,23+,24-,25+,26-,27-,28+. The second-order valence-corrected chi connectivity index (χ2v) is 10.1. The van der Waals surface area contributed by atoms with Crippen LogP contribution in [0.5, 0.6) is 0 Å². The number of rotatable bonds is 4. The van der Waals surface area contributed by atoms with Crippen molar-refractivity contribution in [2.45, 2.75) is 23.7 Å². The molecule has 36 heavy (non-hydrogen) atoms. The maximum absolute atomic E-state index is 14.3. The van der Waals surface area contributed by atoms with Gasteiger partial charge in [0.2, 0.25) is 0 Å². The fourth-order valence-corrected chi connectivity index (χ4v) is 7.36. The second kappa shape index (κ2) is 8.26. The molecule has 0 unspecified atom stereocenters. The molecule has 4 aromatic rings. The van der Waals surface area contributed by atoms with E-state index in [9.17, 15) is 9.59 Å². The first-order chi connectivity index (χ1) is 17.8. The molecular weight excluding hydrogens is 448 g/mol. The lowest BCUT2D eigenvalue weighted by molar-refractivity contribution is -0.168. The molecule has 0 N–H and O–H groups in total. The Morgan fingerprint density at radius 1 is 0.333 bits per heavy atom. The van der Waals surface area contributed by atoms with E-state index in [1.807, 2.05) is 48.5 Å². The number of aromatic nitrogens is 4. The average molecular weight is 473 g/mol. The zero-order chi connectivity index (χ0) is 24.2. The van der Waals surface area contributed by atoms with Crippen LogP contribution < -0.4 is 0 Å². The van der Waals surface area contributed by atoms with Crippen LogP contribution in [0.3, 0.4) is 0 Å². The summed E-state index contributed by atoms with van der Waals surface area (Å²) in [5.41, 5.74) is 4.27. The lowest BCUT2D eigenvalue weighted by atomic mass is 9.37. The summed E-state index contributed by atoms with van der Waals surface area (Å²) in [5, 5.41) is 0. The largest absolute Gasteiger partial charge is 0.299 e. The Hall–Kier alpha value is -4.06. The zero-order valence-corrected chi connectivity index (χ0v) is 19.5. The first-order valence-electron chi connectivity index (χ1n) is 12.4. The van der Waals surface area contributed by atoms with E-state index in [-0.39, 0.29) is 58.9 Å². The summed E-state index contributed by atoms with van der Waals surface area (Å²) >= 11 is 0. The molecule has 176 valence electrons. The summed E-state index contributed by atoms with van der Waals surface area (Å²) in [7, 11) is 0. The number of ketones is 2. The minimum Gasteiger partial charge on any atom is -0.299 e. The van der Waals surface area contributed by atoms with Gasteiger partial charge in [-0.05, 0) is 70.8 Å². The van der Waals surface area contributed by atoms with E-state index in [0.717, 1.165) is 22.3 Å². The van der Waals surface area contributed by atoms with Crippen molar-refractivity contribution in [2.24, 2.45) is 23.7 Å². The second-order valence-electron chi connectivity index (χ2n) is 10.1. The van der Waals surface area contributed by atoms with Crippen LogP contribution in [0, 0.1) is 23.7 Å². The fraction of sp³-hybridized carbons (Fsp3) is 0.267. The maximum atomic E-state index is 14.3. The quantitative estimate of drug-likeness (QED) is 0.439.